The number of carbonyl (C=O) groups is 1. The average Bonchev–Trinajstić information content (AvgIpc) is 2.48. The monoisotopic (exact) mass is 261 g/mol. The molecule has 0 radical (unpaired) electrons. The molecule has 0 amide bonds. The van der Waals surface area contributed by atoms with Gasteiger partial charge in [-0.05, 0) is 36.8 Å². The van der Waals surface area contributed by atoms with Crippen molar-refractivity contribution in [2.75, 3.05) is 19.7 Å². The van der Waals surface area contributed by atoms with Crippen LogP contribution in [0.5, 0.6) is 0 Å². The van der Waals surface area contributed by atoms with Gasteiger partial charge in [0.25, 0.3) is 0 Å². The number of hydrogen-bond donors (Lipinski definition) is 1. The summed E-state index contributed by atoms with van der Waals surface area (Å²) < 4.78 is 5.12. The SMILES string of the molecule is CCOC(=O)C1CNCC(c2ccc(CC)cc2)C1. The van der Waals surface area contributed by atoms with E-state index in [1.54, 1.807) is 0 Å². The molecule has 0 saturated carbocycles. The highest BCUT2D eigenvalue weighted by Crippen LogP contribution is 2.27. The molecule has 1 heterocycles. The Labute approximate surface area is 115 Å². The molecule has 104 valence electrons. The van der Waals surface area contributed by atoms with Gasteiger partial charge in [-0.25, -0.2) is 0 Å². The van der Waals surface area contributed by atoms with E-state index in [0.29, 0.717) is 12.5 Å². The van der Waals surface area contributed by atoms with E-state index in [1.165, 1.54) is 11.1 Å². The smallest absolute Gasteiger partial charge is 0.310 e. The second kappa shape index (κ2) is 6.71. The zero-order valence-electron chi connectivity index (χ0n) is 11.8. The Balaban J connectivity index is 2.01. The van der Waals surface area contributed by atoms with Gasteiger partial charge in [-0.1, -0.05) is 31.2 Å². The number of hydrogen-bond acceptors (Lipinski definition) is 3. The van der Waals surface area contributed by atoms with Crippen LogP contribution in [0.1, 0.15) is 37.3 Å². The first-order valence-corrected chi connectivity index (χ1v) is 7.20. The maximum Gasteiger partial charge on any atom is 0.310 e. The molecule has 2 unspecified atom stereocenters. The summed E-state index contributed by atoms with van der Waals surface area (Å²) in [6.45, 7) is 6.16. The van der Waals surface area contributed by atoms with E-state index < -0.39 is 0 Å². The van der Waals surface area contributed by atoms with Crippen molar-refractivity contribution < 1.29 is 9.53 Å². The molecule has 3 heteroatoms. The Morgan fingerprint density at radius 3 is 2.63 bits per heavy atom. The zero-order valence-corrected chi connectivity index (χ0v) is 11.8. The number of nitrogens with one attached hydrogen (secondary N) is 1. The molecule has 1 aromatic rings. The molecule has 1 fully saturated rings. The molecule has 1 aliphatic rings. The summed E-state index contributed by atoms with van der Waals surface area (Å²) in [4.78, 5) is 11.8. The van der Waals surface area contributed by atoms with Gasteiger partial charge in [-0.15, -0.1) is 0 Å². The van der Waals surface area contributed by atoms with Gasteiger partial charge in [-0.2, -0.15) is 0 Å². The van der Waals surface area contributed by atoms with Crippen LogP contribution < -0.4 is 5.32 Å². The van der Waals surface area contributed by atoms with E-state index in [2.05, 4.69) is 36.5 Å². The number of rotatable bonds is 4. The van der Waals surface area contributed by atoms with Crippen molar-refractivity contribution in [3.8, 4) is 0 Å². The van der Waals surface area contributed by atoms with Crippen LogP contribution in [0.25, 0.3) is 0 Å². The predicted molar refractivity (Wildman–Crippen MR) is 76.2 cm³/mol. The Bertz CT molecular complexity index is 413. The lowest BCUT2D eigenvalue weighted by Crippen LogP contribution is -2.39. The third-order valence-electron chi connectivity index (χ3n) is 3.83. The highest BCUT2D eigenvalue weighted by Gasteiger charge is 2.28. The molecule has 2 rings (SSSR count). The number of esters is 1. The first-order valence-electron chi connectivity index (χ1n) is 7.20. The fourth-order valence-electron chi connectivity index (χ4n) is 2.66. The Morgan fingerprint density at radius 1 is 1.26 bits per heavy atom. The summed E-state index contributed by atoms with van der Waals surface area (Å²) in [7, 11) is 0. The Kier molecular flexibility index (Phi) is 4.97. The maximum absolute atomic E-state index is 11.8. The lowest BCUT2D eigenvalue weighted by Gasteiger charge is -2.29. The van der Waals surface area contributed by atoms with Crippen LogP contribution in [0.2, 0.25) is 0 Å². The molecule has 0 spiro atoms. The average molecular weight is 261 g/mol. The summed E-state index contributed by atoms with van der Waals surface area (Å²) in [5.74, 6) is 0.337. The van der Waals surface area contributed by atoms with E-state index >= 15 is 0 Å². The van der Waals surface area contributed by atoms with Crippen molar-refractivity contribution in [2.45, 2.75) is 32.6 Å². The van der Waals surface area contributed by atoms with Crippen LogP contribution in [-0.2, 0) is 16.0 Å². The first-order chi connectivity index (χ1) is 9.24. The number of piperidine rings is 1. The second-order valence-electron chi connectivity index (χ2n) is 5.13. The molecule has 0 bridgehead atoms. The summed E-state index contributed by atoms with van der Waals surface area (Å²) in [6.07, 6.45) is 1.95. The predicted octanol–water partition coefficient (Wildman–Crippen LogP) is 2.51. The van der Waals surface area contributed by atoms with E-state index in [9.17, 15) is 4.79 Å². The van der Waals surface area contributed by atoms with Crippen molar-refractivity contribution in [2.24, 2.45) is 5.92 Å². The highest BCUT2D eigenvalue weighted by molar-refractivity contribution is 5.73. The molecule has 1 saturated heterocycles. The van der Waals surface area contributed by atoms with Crippen LogP contribution in [0, 0.1) is 5.92 Å². The van der Waals surface area contributed by atoms with E-state index in [4.69, 9.17) is 4.74 Å². The molecule has 0 aliphatic carbocycles. The normalized spacial score (nSPS) is 23.1. The van der Waals surface area contributed by atoms with Crippen LogP contribution in [0.3, 0.4) is 0 Å². The minimum absolute atomic E-state index is 0.00967. The largest absolute Gasteiger partial charge is 0.466 e. The molecule has 3 nitrogen and oxygen atoms in total. The molecule has 1 aromatic carbocycles. The minimum Gasteiger partial charge on any atom is -0.466 e. The topological polar surface area (TPSA) is 38.3 Å². The highest BCUT2D eigenvalue weighted by atomic mass is 16.5. The summed E-state index contributed by atoms with van der Waals surface area (Å²) in [5, 5.41) is 3.35. The van der Waals surface area contributed by atoms with Gasteiger partial charge in [0.2, 0.25) is 0 Å². The van der Waals surface area contributed by atoms with Crippen LogP contribution >= 0.6 is 0 Å². The van der Waals surface area contributed by atoms with Crippen molar-refractivity contribution in [1.29, 1.82) is 0 Å². The Hall–Kier alpha value is -1.35. The van der Waals surface area contributed by atoms with Gasteiger partial charge in [0.15, 0.2) is 0 Å². The van der Waals surface area contributed by atoms with Crippen LogP contribution in [0.4, 0.5) is 0 Å². The third-order valence-corrected chi connectivity index (χ3v) is 3.83. The van der Waals surface area contributed by atoms with E-state index in [-0.39, 0.29) is 11.9 Å². The molecular weight excluding hydrogens is 238 g/mol. The standard InChI is InChI=1S/C16H23NO2/c1-3-12-5-7-13(8-6-12)14-9-15(11-17-10-14)16(18)19-4-2/h5-8,14-15,17H,3-4,9-11H2,1-2H3. The number of ether oxygens (including phenoxy) is 1. The molecule has 0 aromatic heterocycles. The summed E-state index contributed by atoms with van der Waals surface area (Å²) in [6, 6.07) is 8.75. The van der Waals surface area contributed by atoms with Gasteiger partial charge in [-0.3, -0.25) is 4.79 Å². The van der Waals surface area contributed by atoms with Crippen molar-refractivity contribution in [1.82, 2.24) is 5.32 Å². The van der Waals surface area contributed by atoms with Gasteiger partial charge in [0.05, 0.1) is 12.5 Å². The van der Waals surface area contributed by atoms with Crippen molar-refractivity contribution in [3.63, 3.8) is 0 Å². The maximum atomic E-state index is 11.8. The summed E-state index contributed by atoms with van der Waals surface area (Å²) >= 11 is 0. The number of benzene rings is 1. The number of carbonyl (C=O) groups excluding carboxylic acids is 1. The summed E-state index contributed by atoms with van der Waals surface area (Å²) in [5.41, 5.74) is 2.67. The van der Waals surface area contributed by atoms with Gasteiger partial charge < -0.3 is 10.1 Å². The quantitative estimate of drug-likeness (QED) is 0.846. The minimum atomic E-state index is -0.0649. The van der Waals surface area contributed by atoms with E-state index in [0.717, 1.165) is 25.9 Å². The second-order valence-corrected chi connectivity index (χ2v) is 5.13. The van der Waals surface area contributed by atoms with Crippen molar-refractivity contribution >= 4 is 5.97 Å². The first kappa shape index (κ1) is 14.1. The third kappa shape index (κ3) is 3.57. The zero-order chi connectivity index (χ0) is 13.7. The van der Waals surface area contributed by atoms with Crippen LogP contribution in [-0.4, -0.2) is 25.7 Å². The molecule has 19 heavy (non-hydrogen) atoms. The lowest BCUT2D eigenvalue weighted by molar-refractivity contribution is -0.148. The van der Waals surface area contributed by atoms with E-state index in [1.807, 2.05) is 6.92 Å². The van der Waals surface area contributed by atoms with Crippen LogP contribution in [0.15, 0.2) is 24.3 Å². The molecule has 1 aliphatic heterocycles. The molecule has 2 atom stereocenters. The van der Waals surface area contributed by atoms with Crippen molar-refractivity contribution in [3.05, 3.63) is 35.4 Å². The Morgan fingerprint density at radius 2 is 2.00 bits per heavy atom. The fraction of sp³-hybridized carbons (Fsp3) is 0.562. The lowest BCUT2D eigenvalue weighted by atomic mass is 9.85. The molecule has 1 N–H and O–H groups in total. The fourth-order valence-corrected chi connectivity index (χ4v) is 2.66. The molecular formula is C16H23NO2. The van der Waals surface area contributed by atoms with Gasteiger partial charge >= 0.3 is 5.97 Å². The van der Waals surface area contributed by atoms with Gasteiger partial charge in [0, 0.05) is 13.1 Å². The van der Waals surface area contributed by atoms with Gasteiger partial charge in [0.1, 0.15) is 0 Å². The number of aryl methyl sites for hydroxylation is 1.